The Labute approximate surface area is 116 Å². The molecule has 1 aromatic carbocycles. The van der Waals surface area contributed by atoms with E-state index in [1.807, 2.05) is 6.07 Å². The fraction of sp³-hybridized carbons (Fsp3) is 0.214. The highest BCUT2D eigenvalue weighted by Crippen LogP contribution is 2.28. The average molecular weight is 306 g/mol. The highest BCUT2D eigenvalue weighted by molar-refractivity contribution is 9.10. The summed E-state index contributed by atoms with van der Waals surface area (Å²) in [7, 11) is 0. The number of nitrogens with two attached hydrogens (primary N) is 1. The molecule has 94 valence electrons. The maximum absolute atomic E-state index is 5.89. The zero-order valence-electron chi connectivity index (χ0n) is 10.2. The average Bonchev–Trinajstić information content (AvgIpc) is 2.39. The van der Waals surface area contributed by atoms with Gasteiger partial charge in [0.05, 0.1) is 22.0 Å². The molecule has 0 radical (unpaired) electrons. The van der Waals surface area contributed by atoms with E-state index in [1.165, 1.54) is 5.56 Å². The van der Waals surface area contributed by atoms with Crippen molar-refractivity contribution in [3.8, 4) is 0 Å². The molecule has 0 aliphatic carbocycles. The van der Waals surface area contributed by atoms with E-state index in [0.717, 1.165) is 16.7 Å². The van der Waals surface area contributed by atoms with Crippen LogP contribution in [0.2, 0.25) is 0 Å². The van der Waals surface area contributed by atoms with E-state index in [-0.39, 0.29) is 0 Å². The third-order valence-electron chi connectivity index (χ3n) is 2.88. The van der Waals surface area contributed by atoms with Crippen LogP contribution in [0.4, 0.5) is 11.4 Å². The molecule has 1 atom stereocenters. The van der Waals surface area contributed by atoms with Crippen LogP contribution in [0.1, 0.15) is 18.4 Å². The minimum absolute atomic E-state index is 0.422. The van der Waals surface area contributed by atoms with Crippen LogP contribution in [0, 0.1) is 0 Å². The van der Waals surface area contributed by atoms with Crippen LogP contribution < -0.4 is 11.1 Å². The summed E-state index contributed by atoms with van der Waals surface area (Å²) in [6.45, 7) is 3.02. The Hall–Kier alpha value is -1.55. The summed E-state index contributed by atoms with van der Waals surface area (Å²) in [5.41, 5.74) is 8.77. The van der Waals surface area contributed by atoms with Gasteiger partial charge in [-0.2, -0.15) is 0 Å². The lowest BCUT2D eigenvalue weighted by Crippen LogP contribution is -2.11. The Morgan fingerprint density at radius 1 is 1.28 bits per heavy atom. The van der Waals surface area contributed by atoms with Crippen molar-refractivity contribution in [2.45, 2.75) is 12.8 Å². The highest BCUT2D eigenvalue weighted by atomic mass is 79.9. The van der Waals surface area contributed by atoms with Crippen molar-refractivity contribution in [1.29, 1.82) is 0 Å². The van der Waals surface area contributed by atoms with Gasteiger partial charge in [-0.05, 0) is 27.4 Å². The Kier molecular flexibility index (Phi) is 4.20. The summed E-state index contributed by atoms with van der Waals surface area (Å²) in [5.74, 6) is 0.422. The topological polar surface area (TPSA) is 50.9 Å². The van der Waals surface area contributed by atoms with E-state index in [1.54, 1.807) is 12.4 Å². The van der Waals surface area contributed by atoms with Gasteiger partial charge in [-0.3, -0.25) is 4.98 Å². The first-order valence-corrected chi connectivity index (χ1v) is 6.65. The summed E-state index contributed by atoms with van der Waals surface area (Å²) in [5, 5.41) is 3.37. The van der Waals surface area contributed by atoms with Crippen LogP contribution in [-0.4, -0.2) is 11.5 Å². The molecule has 0 saturated carbocycles. The molecule has 0 spiro atoms. The highest BCUT2D eigenvalue weighted by Gasteiger charge is 2.08. The molecule has 3 N–H and O–H groups in total. The fourth-order valence-electron chi connectivity index (χ4n) is 1.79. The predicted octanol–water partition coefficient (Wildman–Crippen LogP) is 3.64. The summed E-state index contributed by atoms with van der Waals surface area (Å²) in [6, 6.07) is 10.4. The van der Waals surface area contributed by atoms with Crippen molar-refractivity contribution in [2.75, 3.05) is 17.6 Å². The second-order valence-corrected chi connectivity index (χ2v) is 5.13. The third-order valence-corrected chi connectivity index (χ3v) is 3.48. The number of nitrogens with zero attached hydrogens (tertiary/aromatic N) is 1. The van der Waals surface area contributed by atoms with Gasteiger partial charge < -0.3 is 11.1 Å². The van der Waals surface area contributed by atoms with E-state index >= 15 is 0 Å². The Morgan fingerprint density at radius 3 is 2.67 bits per heavy atom. The van der Waals surface area contributed by atoms with Crippen LogP contribution in [0.15, 0.2) is 47.2 Å². The molecule has 2 rings (SSSR count). The Balaban J connectivity index is 2.04. The molecule has 0 bridgehead atoms. The number of rotatable bonds is 4. The van der Waals surface area contributed by atoms with E-state index in [0.29, 0.717) is 11.6 Å². The van der Waals surface area contributed by atoms with Gasteiger partial charge in [0, 0.05) is 12.7 Å². The van der Waals surface area contributed by atoms with Crippen molar-refractivity contribution >= 4 is 27.3 Å². The number of aromatic nitrogens is 1. The summed E-state index contributed by atoms with van der Waals surface area (Å²) >= 11 is 3.45. The quantitative estimate of drug-likeness (QED) is 0.906. The molecule has 0 aliphatic heterocycles. The largest absolute Gasteiger partial charge is 0.396 e. The zero-order chi connectivity index (χ0) is 13.0. The van der Waals surface area contributed by atoms with E-state index in [9.17, 15) is 0 Å². The minimum Gasteiger partial charge on any atom is -0.396 e. The normalized spacial score (nSPS) is 12.1. The molecule has 1 unspecified atom stereocenters. The van der Waals surface area contributed by atoms with Crippen LogP contribution in [0.25, 0.3) is 0 Å². The molecule has 2 aromatic rings. The summed E-state index contributed by atoms with van der Waals surface area (Å²) < 4.78 is 0.891. The second kappa shape index (κ2) is 5.87. The number of hydrogen-bond donors (Lipinski definition) is 2. The summed E-state index contributed by atoms with van der Waals surface area (Å²) in [4.78, 5) is 4.02. The van der Waals surface area contributed by atoms with Crippen LogP contribution in [0.3, 0.4) is 0 Å². The third kappa shape index (κ3) is 3.01. The van der Waals surface area contributed by atoms with Gasteiger partial charge in [-0.1, -0.05) is 37.3 Å². The molecule has 0 amide bonds. The lowest BCUT2D eigenvalue weighted by molar-refractivity contribution is 0.804. The van der Waals surface area contributed by atoms with Gasteiger partial charge in [-0.25, -0.2) is 0 Å². The Morgan fingerprint density at radius 2 is 2.00 bits per heavy atom. The molecule has 0 aliphatic rings. The van der Waals surface area contributed by atoms with E-state index in [2.05, 4.69) is 57.4 Å². The van der Waals surface area contributed by atoms with Crippen LogP contribution in [-0.2, 0) is 0 Å². The number of nitrogen functional groups attached to an aromatic ring is 1. The number of benzene rings is 1. The molecule has 3 nitrogen and oxygen atoms in total. The van der Waals surface area contributed by atoms with Gasteiger partial charge in [0.1, 0.15) is 0 Å². The smallest absolute Gasteiger partial charge is 0.0750 e. The Bertz CT molecular complexity index is 493. The van der Waals surface area contributed by atoms with Gasteiger partial charge in [0.2, 0.25) is 0 Å². The maximum Gasteiger partial charge on any atom is 0.0750 e. The molecule has 18 heavy (non-hydrogen) atoms. The molecule has 1 heterocycles. The minimum atomic E-state index is 0.422. The van der Waals surface area contributed by atoms with Crippen LogP contribution >= 0.6 is 15.9 Å². The monoisotopic (exact) mass is 305 g/mol. The zero-order valence-corrected chi connectivity index (χ0v) is 11.8. The first kappa shape index (κ1) is 12.9. The second-order valence-electron chi connectivity index (χ2n) is 4.28. The van der Waals surface area contributed by atoms with Crippen molar-refractivity contribution < 1.29 is 0 Å². The first-order valence-electron chi connectivity index (χ1n) is 5.86. The van der Waals surface area contributed by atoms with Crippen molar-refractivity contribution in [2.24, 2.45) is 0 Å². The molecule has 4 heteroatoms. The number of anilines is 2. The first-order chi connectivity index (χ1) is 8.68. The molecular weight excluding hydrogens is 290 g/mol. The van der Waals surface area contributed by atoms with E-state index < -0.39 is 0 Å². The van der Waals surface area contributed by atoms with Crippen LogP contribution in [0.5, 0.6) is 0 Å². The van der Waals surface area contributed by atoms with Crippen molar-refractivity contribution in [3.05, 3.63) is 52.8 Å². The fourth-order valence-corrected chi connectivity index (χ4v) is 2.28. The molecular formula is C14H16BrN3. The molecule has 1 aromatic heterocycles. The van der Waals surface area contributed by atoms with Gasteiger partial charge in [-0.15, -0.1) is 0 Å². The number of hydrogen-bond acceptors (Lipinski definition) is 3. The lowest BCUT2D eigenvalue weighted by atomic mass is 10.0. The number of pyridine rings is 1. The molecule has 0 fully saturated rings. The van der Waals surface area contributed by atoms with Gasteiger partial charge in [0.15, 0.2) is 0 Å². The number of nitrogens with one attached hydrogen (secondary N) is 1. The van der Waals surface area contributed by atoms with Crippen molar-refractivity contribution in [3.63, 3.8) is 0 Å². The van der Waals surface area contributed by atoms with Gasteiger partial charge in [0.25, 0.3) is 0 Å². The predicted molar refractivity (Wildman–Crippen MR) is 79.7 cm³/mol. The standard InChI is InChI=1S/C14H16BrN3/c1-10(11-5-3-2-4-6-11)7-18-14-12(15)8-17-9-13(14)16/h2-6,8-10H,7,16H2,1H3,(H,17,18). The number of halogens is 1. The van der Waals surface area contributed by atoms with Gasteiger partial charge >= 0.3 is 0 Å². The van der Waals surface area contributed by atoms with E-state index in [4.69, 9.17) is 5.73 Å². The summed E-state index contributed by atoms with van der Waals surface area (Å²) in [6.07, 6.45) is 3.39. The van der Waals surface area contributed by atoms with Crippen molar-refractivity contribution in [1.82, 2.24) is 4.98 Å². The lowest BCUT2D eigenvalue weighted by Gasteiger charge is -2.16. The molecule has 0 saturated heterocycles. The SMILES string of the molecule is CC(CNc1c(N)cncc1Br)c1ccccc1. The maximum atomic E-state index is 5.89.